The van der Waals surface area contributed by atoms with E-state index in [1.54, 1.807) is 25.2 Å². The molecule has 3 rings (SSSR count). The third-order valence-electron chi connectivity index (χ3n) is 4.51. The van der Waals surface area contributed by atoms with Gasteiger partial charge in [-0.25, -0.2) is 9.37 Å². The average Bonchev–Trinajstić information content (AvgIpc) is 3.20. The summed E-state index contributed by atoms with van der Waals surface area (Å²) in [6, 6.07) is 11.9. The fourth-order valence-corrected chi connectivity index (χ4v) is 3.80. The van der Waals surface area contributed by atoms with Crippen molar-refractivity contribution in [2.24, 2.45) is 0 Å². The topological polar surface area (TPSA) is 51.7 Å². The molecule has 0 aliphatic rings. The van der Waals surface area contributed by atoms with Crippen LogP contribution in [-0.2, 0) is 17.8 Å². The van der Waals surface area contributed by atoms with Crippen LogP contribution < -0.4 is 9.47 Å². The first-order valence-corrected chi connectivity index (χ1v) is 10.1. The number of carbonyl (C=O) groups excluding carboxylic acids is 1. The Morgan fingerprint density at radius 1 is 1.14 bits per heavy atom. The predicted octanol–water partition coefficient (Wildman–Crippen LogP) is 4.56. The molecule has 0 spiro atoms. The van der Waals surface area contributed by atoms with Crippen LogP contribution in [0, 0.1) is 5.82 Å². The summed E-state index contributed by atoms with van der Waals surface area (Å²) >= 11 is 1.41. The van der Waals surface area contributed by atoms with E-state index in [1.807, 2.05) is 36.6 Å². The van der Waals surface area contributed by atoms with E-state index in [4.69, 9.17) is 9.47 Å². The van der Waals surface area contributed by atoms with Crippen LogP contribution in [0.2, 0.25) is 0 Å². The van der Waals surface area contributed by atoms with Crippen LogP contribution in [-0.4, -0.2) is 36.6 Å². The van der Waals surface area contributed by atoms with Crippen LogP contribution in [0.4, 0.5) is 4.39 Å². The second-order valence-electron chi connectivity index (χ2n) is 6.43. The molecular weight excluding hydrogens is 391 g/mol. The van der Waals surface area contributed by atoms with Gasteiger partial charge in [0.05, 0.1) is 26.3 Å². The molecular formula is C22H23FN2O3S. The molecule has 1 aromatic heterocycles. The Morgan fingerprint density at radius 2 is 1.93 bits per heavy atom. The maximum Gasteiger partial charge on any atom is 0.228 e. The molecule has 0 unspecified atom stereocenters. The number of halogens is 1. The minimum atomic E-state index is -0.303. The highest BCUT2D eigenvalue weighted by Crippen LogP contribution is 2.28. The second-order valence-corrected chi connectivity index (χ2v) is 7.29. The van der Waals surface area contributed by atoms with Crippen molar-refractivity contribution in [3.8, 4) is 22.1 Å². The molecule has 0 aliphatic carbocycles. The van der Waals surface area contributed by atoms with Gasteiger partial charge in [-0.3, -0.25) is 4.79 Å². The number of ether oxygens (including phenoxy) is 2. The normalized spacial score (nSPS) is 10.6. The van der Waals surface area contributed by atoms with Gasteiger partial charge >= 0.3 is 0 Å². The van der Waals surface area contributed by atoms with Crippen LogP contribution in [0.1, 0.15) is 18.2 Å². The van der Waals surface area contributed by atoms with Crippen molar-refractivity contribution in [2.45, 2.75) is 19.9 Å². The third-order valence-corrected chi connectivity index (χ3v) is 5.45. The second kappa shape index (κ2) is 9.52. The zero-order chi connectivity index (χ0) is 20.8. The average molecular weight is 415 g/mol. The van der Waals surface area contributed by atoms with Crippen molar-refractivity contribution in [1.29, 1.82) is 0 Å². The zero-order valence-corrected chi connectivity index (χ0v) is 17.5. The van der Waals surface area contributed by atoms with Gasteiger partial charge in [-0.2, -0.15) is 0 Å². The Balaban J connectivity index is 1.69. The number of likely N-dealkylation sites (N-methyl/N-ethyl adjacent to an activating group) is 1. The molecule has 0 N–H and O–H groups in total. The molecule has 1 heterocycles. The fourth-order valence-electron chi connectivity index (χ4n) is 2.98. The standard InChI is InChI=1S/C22H23FN2O3S/c1-4-25(13-15-8-9-19(27-2)20(10-15)28-3)21(26)12-18-14-29-22(24-18)16-6-5-7-17(23)11-16/h5-11,14H,4,12-13H2,1-3H3. The van der Waals surface area contributed by atoms with E-state index < -0.39 is 0 Å². The molecule has 0 radical (unpaired) electrons. The minimum Gasteiger partial charge on any atom is -0.493 e. The number of rotatable bonds is 8. The van der Waals surface area contributed by atoms with E-state index in [2.05, 4.69) is 4.98 Å². The summed E-state index contributed by atoms with van der Waals surface area (Å²) in [5.74, 6) is 0.964. The molecule has 2 aromatic carbocycles. The van der Waals surface area contributed by atoms with Gasteiger partial charge in [-0.1, -0.05) is 18.2 Å². The number of benzene rings is 2. The molecule has 1 amide bonds. The van der Waals surface area contributed by atoms with Crippen LogP contribution in [0.25, 0.3) is 10.6 Å². The number of hydrogen-bond acceptors (Lipinski definition) is 5. The molecule has 0 saturated heterocycles. The highest BCUT2D eigenvalue weighted by atomic mass is 32.1. The number of amides is 1. The molecule has 0 aliphatic heterocycles. The minimum absolute atomic E-state index is 0.0154. The zero-order valence-electron chi connectivity index (χ0n) is 16.6. The first-order chi connectivity index (χ1) is 14.0. The van der Waals surface area contributed by atoms with Crippen LogP contribution in [0.15, 0.2) is 47.8 Å². The van der Waals surface area contributed by atoms with Crippen LogP contribution in [0.3, 0.4) is 0 Å². The Morgan fingerprint density at radius 3 is 2.62 bits per heavy atom. The predicted molar refractivity (Wildman–Crippen MR) is 112 cm³/mol. The van der Waals surface area contributed by atoms with Gasteiger partial charge in [-0.15, -0.1) is 11.3 Å². The molecule has 0 saturated carbocycles. The summed E-state index contributed by atoms with van der Waals surface area (Å²) < 4.78 is 24.0. The lowest BCUT2D eigenvalue weighted by atomic mass is 10.1. The van der Waals surface area contributed by atoms with E-state index in [1.165, 1.54) is 23.5 Å². The molecule has 0 atom stereocenters. The highest BCUT2D eigenvalue weighted by Gasteiger charge is 2.16. The summed E-state index contributed by atoms with van der Waals surface area (Å²) in [7, 11) is 3.17. The molecule has 0 fully saturated rings. The van der Waals surface area contributed by atoms with Crippen LogP contribution in [0.5, 0.6) is 11.5 Å². The van der Waals surface area contributed by atoms with Crippen molar-refractivity contribution < 1.29 is 18.7 Å². The first-order valence-electron chi connectivity index (χ1n) is 9.23. The van der Waals surface area contributed by atoms with E-state index in [-0.39, 0.29) is 18.1 Å². The smallest absolute Gasteiger partial charge is 0.228 e. The molecule has 7 heteroatoms. The number of nitrogens with zero attached hydrogens (tertiary/aromatic N) is 2. The highest BCUT2D eigenvalue weighted by molar-refractivity contribution is 7.13. The Kier molecular flexibility index (Phi) is 6.82. The number of thiazole rings is 1. The lowest BCUT2D eigenvalue weighted by molar-refractivity contribution is -0.130. The maximum absolute atomic E-state index is 13.4. The van der Waals surface area contributed by atoms with E-state index in [0.29, 0.717) is 40.9 Å². The summed E-state index contributed by atoms with van der Waals surface area (Å²) in [5, 5.41) is 2.55. The van der Waals surface area contributed by atoms with Crippen molar-refractivity contribution in [2.75, 3.05) is 20.8 Å². The fraction of sp³-hybridized carbons (Fsp3) is 0.273. The van der Waals surface area contributed by atoms with Gasteiger partial charge in [0.2, 0.25) is 5.91 Å². The number of methoxy groups -OCH3 is 2. The quantitative estimate of drug-likeness (QED) is 0.542. The number of hydrogen-bond donors (Lipinski definition) is 0. The van der Waals surface area contributed by atoms with Gasteiger partial charge < -0.3 is 14.4 Å². The van der Waals surface area contributed by atoms with Crippen molar-refractivity contribution >= 4 is 17.2 Å². The lowest BCUT2D eigenvalue weighted by Gasteiger charge is -2.21. The van der Waals surface area contributed by atoms with Gasteiger partial charge in [-0.05, 0) is 36.8 Å². The summed E-state index contributed by atoms with van der Waals surface area (Å²) in [6.07, 6.45) is 0.201. The largest absolute Gasteiger partial charge is 0.493 e. The van der Waals surface area contributed by atoms with Gasteiger partial charge in [0.25, 0.3) is 0 Å². The summed E-state index contributed by atoms with van der Waals surface area (Å²) in [6.45, 7) is 2.99. The molecule has 5 nitrogen and oxygen atoms in total. The van der Waals surface area contributed by atoms with E-state index in [9.17, 15) is 9.18 Å². The maximum atomic E-state index is 13.4. The van der Waals surface area contributed by atoms with Gasteiger partial charge in [0.15, 0.2) is 11.5 Å². The summed E-state index contributed by atoms with van der Waals surface area (Å²) in [5.41, 5.74) is 2.35. The van der Waals surface area contributed by atoms with E-state index >= 15 is 0 Å². The van der Waals surface area contributed by atoms with Crippen LogP contribution >= 0.6 is 11.3 Å². The van der Waals surface area contributed by atoms with Crippen molar-refractivity contribution in [3.63, 3.8) is 0 Å². The monoisotopic (exact) mass is 414 g/mol. The Labute approximate surface area is 173 Å². The number of aromatic nitrogens is 1. The van der Waals surface area contributed by atoms with Crippen molar-refractivity contribution in [3.05, 3.63) is 64.9 Å². The molecule has 0 bridgehead atoms. The molecule has 3 aromatic rings. The van der Waals surface area contributed by atoms with Crippen molar-refractivity contribution in [1.82, 2.24) is 9.88 Å². The van der Waals surface area contributed by atoms with Gasteiger partial charge in [0, 0.05) is 24.0 Å². The third kappa shape index (κ3) is 5.12. The molecule has 29 heavy (non-hydrogen) atoms. The van der Waals surface area contributed by atoms with E-state index in [0.717, 1.165) is 5.56 Å². The number of carbonyl (C=O) groups is 1. The summed E-state index contributed by atoms with van der Waals surface area (Å²) in [4.78, 5) is 19.1. The first kappa shape index (κ1) is 20.8. The molecule has 152 valence electrons. The lowest BCUT2D eigenvalue weighted by Crippen LogP contribution is -2.31. The SMILES string of the molecule is CCN(Cc1ccc(OC)c(OC)c1)C(=O)Cc1csc(-c2cccc(F)c2)n1. The van der Waals surface area contributed by atoms with Gasteiger partial charge in [0.1, 0.15) is 10.8 Å². The Bertz CT molecular complexity index is 990. The Hall–Kier alpha value is -2.93.